The quantitative estimate of drug-likeness (QED) is 0.0534. The molecule has 5 aromatic rings. The van der Waals surface area contributed by atoms with Crippen LogP contribution in [0.5, 0.6) is 5.75 Å². The zero-order chi connectivity index (χ0) is 44.6. The van der Waals surface area contributed by atoms with Crippen molar-refractivity contribution in [2.24, 2.45) is 0 Å². The Labute approximate surface area is 375 Å². The van der Waals surface area contributed by atoms with Crippen molar-refractivity contribution in [1.82, 2.24) is 19.5 Å². The molecule has 4 aliphatic rings. The predicted octanol–water partition coefficient (Wildman–Crippen LogP) is 6.70. The number of hydrogen-bond donors (Lipinski definition) is 1. The second kappa shape index (κ2) is 18.7. The number of anilines is 1. The van der Waals surface area contributed by atoms with E-state index in [9.17, 15) is 9.59 Å². The van der Waals surface area contributed by atoms with E-state index < -0.39 is 44.7 Å². The normalized spacial score (nSPS) is 21.6. The van der Waals surface area contributed by atoms with Crippen molar-refractivity contribution in [2.45, 2.75) is 90.5 Å². The zero-order valence-corrected chi connectivity index (χ0v) is 37.9. The second-order valence-corrected chi connectivity index (χ2v) is 19.2. The van der Waals surface area contributed by atoms with Crippen molar-refractivity contribution in [3.05, 3.63) is 125 Å². The molecule has 1 N–H and O–H groups in total. The Hall–Kier alpha value is -4.64. The van der Waals surface area contributed by atoms with Gasteiger partial charge in [-0.1, -0.05) is 78.9 Å². The smallest absolute Gasteiger partial charge is 0.431 e. The topological polar surface area (TPSA) is 153 Å². The van der Waals surface area contributed by atoms with Gasteiger partial charge in [-0.2, -0.15) is 5.10 Å². The molecule has 4 fully saturated rings. The number of rotatable bonds is 19. The average Bonchev–Trinajstić information content (AvgIpc) is 4.23. The van der Waals surface area contributed by atoms with E-state index in [4.69, 9.17) is 37.7 Å². The van der Waals surface area contributed by atoms with Crippen molar-refractivity contribution in [3.63, 3.8) is 0 Å². The minimum absolute atomic E-state index is 0.157. The van der Waals surface area contributed by atoms with Crippen molar-refractivity contribution >= 4 is 51.5 Å². The van der Waals surface area contributed by atoms with Gasteiger partial charge in [-0.3, -0.25) is 9.16 Å². The van der Waals surface area contributed by atoms with Gasteiger partial charge in [-0.15, -0.1) is 0 Å². The number of aromatic nitrogens is 2. The Morgan fingerprint density at radius 2 is 1.31 bits per heavy atom. The zero-order valence-electron chi connectivity index (χ0n) is 37.0. The molecule has 0 bridgehead atoms. The van der Waals surface area contributed by atoms with Crippen LogP contribution >= 0.6 is 7.60 Å². The van der Waals surface area contributed by atoms with Crippen LogP contribution < -0.4 is 9.46 Å². The Kier molecular flexibility index (Phi) is 13.0. The SMILES string of the molecule is CCOP(=O)(COc1ccc(CN2C(=O)N(Cc3ccc4c(c3)c(N(B3CO3)B3CO3)nn4B(C)O)[C@H](Cc3ccccc3)[C@@H]3OC(C)(C)O[C@H]3[C@H]2Cc2ccccc2)cc1)OCC. The molecule has 4 aromatic carbocycles. The van der Waals surface area contributed by atoms with E-state index in [0.29, 0.717) is 37.4 Å². The number of hydrogen-bond acceptors (Lipinski definition) is 12. The van der Waals surface area contributed by atoms with Crippen LogP contribution in [-0.4, -0.2) is 114 Å². The van der Waals surface area contributed by atoms with Crippen LogP contribution in [0.4, 0.5) is 10.6 Å². The molecular formula is C45H55B3N5O10P. The van der Waals surface area contributed by atoms with Crippen LogP contribution in [0.2, 0.25) is 6.82 Å². The van der Waals surface area contributed by atoms with Gasteiger partial charge in [0.05, 0.1) is 43.8 Å². The summed E-state index contributed by atoms with van der Waals surface area (Å²) in [5.41, 5.74) is 4.65. The molecule has 4 saturated heterocycles. The first-order valence-electron chi connectivity index (χ1n) is 22.2. The summed E-state index contributed by atoms with van der Waals surface area (Å²) in [5, 5.41) is 16.5. The molecular weight excluding hydrogens is 834 g/mol. The van der Waals surface area contributed by atoms with Crippen LogP contribution in [-0.2, 0) is 58.3 Å². The standard InChI is InChI=1S/C45H55B3N5O10P/c1-6-60-64(56,61-7-2)31-57-36-21-18-34(19-22-36)27-50-39(25-32-14-10-8-11-15-32)41-42(63-45(3,4)62-41)40(26-33-16-12-9-13-17-33)51(44(50)54)28-35-20-23-38-37(24-35)43(49-53(38)46(5)55)52(47-29-58-47)48-30-59-48/h8-24,39-42,55H,6-7,25-31H2,1-5H3/t39-,40-,41+,42+/m1/s1. The van der Waals surface area contributed by atoms with Crippen LogP contribution in [0.15, 0.2) is 103 Å². The van der Waals surface area contributed by atoms with E-state index in [-0.39, 0.29) is 52.8 Å². The van der Waals surface area contributed by atoms with Gasteiger partial charge in [0.25, 0.3) is 0 Å². The molecule has 5 heterocycles. The Morgan fingerprint density at radius 3 is 1.81 bits per heavy atom. The number of carbonyl (C=O) groups is 1. The molecule has 0 saturated carbocycles. The first-order chi connectivity index (χ1) is 30.9. The lowest BCUT2D eigenvalue weighted by atomic mass is 9.76. The molecule has 0 aliphatic carbocycles. The number of nitrogens with zero attached hydrogens (tertiary/aromatic N) is 5. The van der Waals surface area contributed by atoms with Gasteiger partial charge < -0.3 is 52.1 Å². The molecule has 0 unspecified atom stereocenters. The Balaban J connectivity index is 1.11. The minimum atomic E-state index is -3.43. The average molecular weight is 889 g/mol. The fourth-order valence-corrected chi connectivity index (χ4v) is 10.4. The highest BCUT2D eigenvalue weighted by atomic mass is 31.2. The number of fused-ring (bicyclic) bond motifs is 2. The third-order valence-corrected chi connectivity index (χ3v) is 13.8. The molecule has 0 spiro atoms. The molecule has 1 aromatic heterocycles. The summed E-state index contributed by atoms with van der Waals surface area (Å²) in [5.74, 6) is 0.232. The lowest BCUT2D eigenvalue weighted by Gasteiger charge is -2.37. The van der Waals surface area contributed by atoms with E-state index in [1.807, 2.05) is 101 Å². The molecule has 0 radical (unpaired) electrons. The summed E-state index contributed by atoms with van der Waals surface area (Å²) in [7, 11) is -4.64. The largest absolute Gasteiger partial charge is 0.481 e. The summed E-state index contributed by atoms with van der Waals surface area (Å²) < 4.78 is 58.9. The monoisotopic (exact) mass is 889 g/mol. The highest BCUT2D eigenvalue weighted by Gasteiger charge is 2.56. The van der Waals surface area contributed by atoms with Gasteiger partial charge in [0.2, 0.25) is 0 Å². The van der Waals surface area contributed by atoms with Crippen LogP contribution in [0.3, 0.4) is 0 Å². The maximum Gasteiger partial charge on any atom is 0.431 e. The van der Waals surface area contributed by atoms with E-state index in [0.717, 1.165) is 33.2 Å². The van der Waals surface area contributed by atoms with E-state index in [1.165, 1.54) is 0 Å². The van der Waals surface area contributed by atoms with Crippen molar-refractivity contribution in [3.8, 4) is 5.75 Å². The Bertz CT molecular complexity index is 2420. The summed E-state index contributed by atoms with van der Waals surface area (Å²) in [6.45, 7) is 11.2. The first-order valence-corrected chi connectivity index (χ1v) is 24.0. The Morgan fingerprint density at radius 1 is 0.797 bits per heavy atom. The lowest BCUT2D eigenvalue weighted by Crippen LogP contribution is -2.51. The fourth-order valence-electron chi connectivity index (χ4n) is 9.10. The number of ether oxygens (including phenoxy) is 3. The first kappa shape index (κ1) is 44.6. The van der Waals surface area contributed by atoms with E-state index >= 15 is 4.79 Å². The van der Waals surface area contributed by atoms with Crippen molar-refractivity contribution in [1.29, 1.82) is 0 Å². The maximum atomic E-state index is 15.8. The van der Waals surface area contributed by atoms with Gasteiger partial charge in [0, 0.05) is 18.5 Å². The van der Waals surface area contributed by atoms with Gasteiger partial charge in [0.1, 0.15) is 23.8 Å². The number of amides is 2. The molecule has 9 rings (SSSR count). The van der Waals surface area contributed by atoms with Crippen molar-refractivity contribution < 1.29 is 47.0 Å². The van der Waals surface area contributed by atoms with Crippen LogP contribution in [0, 0.1) is 0 Å². The molecule has 334 valence electrons. The van der Waals surface area contributed by atoms with Gasteiger partial charge in [-0.25, -0.2) is 4.79 Å². The fraction of sp³-hybridized carbons (Fsp3) is 0.422. The summed E-state index contributed by atoms with van der Waals surface area (Å²) in [6, 6.07) is 32.9. The minimum Gasteiger partial charge on any atom is -0.481 e. The van der Waals surface area contributed by atoms with Gasteiger partial charge in [-0.05, 0) is 93.9 Å². The van der Waals surface area contributed by atoms with Gasteiger partial charge >= 0.3 is 34.8 Å². The summed E-state index contributed by atoms with van der Waals surface area (Å²) in [4.78, 5) is 19.8. The summed E-state index contributed by atoms with van der Waals surface area (Å²) in [6.07, 6.45) is -0.152. The van der Waals surface area contributed by atoms with E-state index in [1.54, 1.807) is 25.3 Å². The van der Waals surface area contributed by atoms with Crippen LogP contribution in [0.25, 0.3) is 10.9 Å². The third-order valence-electron chi connectivity index (χ3n) is 12.1. The maximum absolute atomic E-state index is 15.8. The number of urea groups is 1. The molecule has 15 nitrogen and oxygen atoms in total. The highest BCUT2D eigenvalue weighted by molar-refractivity contribution is 7.53. The van der Waals surface area contributed by atoms with Crippen LogP contribution in [0.1, 0.15) is 49.9 Å². The number of carbonyl (C=O) groups excluding carboxylic acids is 1. The molecule has 4 atom stereocenters. The van der Waals surface area contributed by atoms with Crippen molar-refractivity contribution in [2.75, 3.05) is 37.3 Å². The second-order valence-electron chi connectivity index (χ2n) is 17.2. The predicted molar refractivity (Wildman–Crippen MR) is 246 cm³/mol. The van der Waals surface area contributed by atoms with E-state index in [2.05, 4.69) is 30.3 Å². The molecule has 4 aliphatic heterocycles. The molecule has 64 heavy (non-hydrogen) atoms. The third kappa shape index (κ3) is 9.80. The highest BCUT2D eigenvalue weighted by Crippen LogP contribution is 2.48. The lowest BCUT2D eigenvalue weighted by molar-refractivity contribution is -0.157. The van der Waals surface area contributed by atoms with Gasteiger partial charge in [0.15, 0.2) is 12.1 Å². The molecule has 2 amide bonds. The molecule has 19 heteroatoms. The number of benzene rings is 4. The summed E-state index contributed by atoms with van der Waals surface area (Å²) >= 11 is 0.